The van der Waals surface area contributed by atoms with Crippen LogP contribution in [0.15, 0.2) is 48.8 Å². The molecule has 0 N–H and O–H groups in total. The number of carbonyl (C=O) groups is 1. The fraction of sp³-hybridized carbons (Fsp3) is 0.364. The van der Waals surface area contributed by atoms with Gasteiger partial charge in [-0.05, 0) is 50.1 Å². The third kappa shape index (κ3) is 5.84. The highest BCUT2D eigenvalue weighted by Gasteiger charge is 2.15. The minimum atomic E-state index is 0.0696. The predicted molar refractivity (Wildman–Crippen MR) is 118 cm³/mol. The van der Waals surface area contributed by atoms with Crippen molar-refractivity contribution in [3.05, 3.63) is 65.7 Å². The van der Waals surface area contributed by atoms with E-state index in [2.05, 4.69) is 68.3 Å². The van der Waals surface area contributed by atoms with Crippen LogP contribution in [0.5, 0.6) is 0 Å². The molecule has 3 rings (SSSR count). The molecule has 0 bridgehead atoms. The van der Waals surface area contributed by atoms with Crippen molar-refractivity contribution >= 4 is 28.1 Å². The van der Waals surface area contributed by atoms with E-state index in [1.54, 1.807) is 13.1 Å². The van der Waals surface area contributed by atoms with Gasteiger partial charge < -0.3 is 9.80 Å². The monoisotopic (exact) mass is 409 g/mol. The Hall–Kier alpha value is -2.80. The van der Waals surface area contributed by atoms with E-state index < -0.39 is 0 Å². The molecule has 0 amide bonds. The maximum absolute atomic E-state index is 11.4. The Morgan fingerprint density at radius 3 is 2.34 bits per heavy atom. The van der Waals surface area contributed by atoms with Crippen LogP contribution in [-0.2, 0) is 24.3 Å². The Morgan fingerprint density at radius 2 is 1.72 bits per heavy atom. The molecule has 0 aliphatic rings. The van der Waals surface area contributed by atoms with Gasteiger partial charge >= 0.3 is 0 Å². The molecule has 0 aliphatic carbocycles. The summed E-state index contributed by atoms with van der Waals surface area (Å²) in [6, 6.07) is 12.7. The lowest BCUT2D eigenvalue weighted by Crippen LogP contribution is -2.23. The van der Waals surface area contributed by atoms with Crippen molar-refractivity contribution in [2.24, 2.45) is 0 Å². The highest BCUT2D eigenvalue weighted by molar-refractivity contribution is 7.09. The van der Waals surface area contributed by atoms with Crippen LogP contribution < -0.4 is 9.80 Å². The molecule has 2 aromatic heterocycles. The van der Waals surface area contributed by atoms with E-state index in [0.717, 1.165) is 23.8 Å². The van der Waals surface area contributed by atoms with Crippen LogP contribution in [0, 0.1) is 0 Å². The normalized spacial score (nSPS) is 10.7. The zero-order chi connectivity index (χ0) is 20.6. The topological polar surface area (TPSA) is 62.2 Å². The summed E-state index contributed by atoms with van der Waals surface area (Å²) in [5, 5.41) is 0.818. The average molecular weight is 410 g/mol. The number of hydrogen-bond acceptors (Lipinski definition) is 7. The number of carbonyl (C=O) groups excluding carboxylic acids is 1. The minimum Gasteiger partial charge on any atom is -0.372 e. The van der Waals surface area contributed by atoms with E-state index in [0.29, 0.717) is 18.9 Å². The van der Waals surface area contributed by atoms with Gasteiger partial charge in [-0.3, -0.25) is 9.78 Å². The molecule has 3 aromatic rings. The molecule has 2 heterocycles. The average Bonchev–Trinajstić information content (AvgIpc) is 3.18. The number of nitrogens with zero attached hydrogens (tertiary/aromatic N) is 5. The summed E-state index contributed by atoms with van der Waals surface area (Å²) >= 11 is 1.34. The number of ketones is 1. The summed E-state index contributed by atoms with van der Waals surface area (Å²) in [6.45, 7) is 9.27. The van der Waals surface area contributed by atoms with Gasteiger partial charge in [0, 0.05) is 55.8 Å². The fourth-order valence-corrected chi connectivity index (χ4v) is 3.88. The van der Waals surface area contributed by atoms with Gasteiger partial charge in [0.25, 0.3) is 0 Å². The van der Waals surface area contributed by atoms with Crippen molar-refractivity contribution < 1.29 is 4.79 Å². The number of rotatable bonds is 10. The number of aromatic nitrogens is 3. The Morgan fingerprint density at radius 1 is 1.00 bits per heavy atom. The summed E-state index contributed by atoms with van der Waals surface area (Å²) < 4.78 is 4.37. The van der Waals surface area contributed by atoms with E-state index in [-0.39, 0.29) is 12.2 Å². The summed E-state index contributed by atoms with van der Waals surface area (Å²) in [5.74, 6) is 0.658. The van der Waals surface area contributed by atoms with E-state index >= 15 is 0 Å². The maximum Gasteiger partial charge on any atom is 0.205 e. The molecular weight excluding hydrogens is 382 g/mol. The standard InChI is InChI=1S/C22H27N5OS/c1-4-26(5-2)20-10-8-18(9-11-20)15-27(16-19-7-6-12-23-14-19)22-24-21(25-29-22)13-17(3)28/h6-12,14H,4-5,13,15-16H2,1-3H3. The SMILES string of the molecule is CCN(CC)c1ccc(CN(Cc2cccnc2)c2nc(CC(C)=O)ns2)cc1. The van der Waals surface area contributed by atoms with Gasteiger partial charge in [-0.25, -0.2) is 4.98 Å². The number of pyridine rings is 1. The smallest absolute Gasteiger partial charge is 0.205 e. The van der Waals surface area contributed by atoms with Crippen molar-refractivity contribution in [1.82, 2.24) is 14.3 Å². The van der Waals surface area contributed by atoms with Gasteiger partial charge in [0.05, 0.1) is 6.42 Å². The second kappa shape index (κ2) is 10.1. The van der Waals surface area contributed by atoms with Gasteiger partial charge in [-0.2, -0.15) is 4.37 Å². The van der Waals surface area contributed by atoms with Crippen molar-refractivity contribution in [1.29, 1.82) is 0 Å². The van der Waals surface area contributed by atoms with E-state index in [9.17, 15) is 4.79 Å². The first-order valence-corrected chi connectivity index (χ1v) is 10.7. The van der Waals surface area contributed by atoms with Gasteiger partial charge in [0.1, 0.15) is 5.78 Å². The zero-order valence-corrected chi connectivity index (χ0v) is 18.0. The molecule has 0 unspecified atom stereocenters. The van der Waals surface area contributed by atoms with Crippen molar-refractivity contribution in [2.45, 2.75) is 40.3 Å². The third-order valence-corrected chi connectivity index (χ3v) is 5.48. The molecule has 29 heavy (non-hydrogen) atoms. The quantitative estimate of drug-likeness (QED) is 0.502. The Bertz CT molecular complexity index is 906. The van der Waals surface area contributed by atoms with Crippen LogP contribution in [0.4, 0.5) is 10.8 Å². The third-order valence-electron chi connectivity index (χ3n) is 4.67. The molecule has 0 aliphatic heterocycles. The Balaban J connectivity index is 1.81. The van der Waals surface area contributed by atoms with Crippen LogP contribution in [0.25, 0.3) is 0 Å². The number of hydrogen-bond donors (Lipinski definition) is 0. The Kier molecular flexibility index (Phi) is 7.30. The second-order valence-electron chi connectivity index (χ2n) is 6.93. The van der Waals surface area contributed by atoms with Crippen molar-refractivity contribution in [2.75, 3.05) is 22.9 Å². The zero-order valence-electron chi connectivity index (χ0n) is 17.2. The van der Waals surface area contributed by atoms with E-state index in [1.807, 2.05) is 12.3 Å². The molecule has 0 saturated heterocycles. The number of anilines is 2. The summed E-state index contributed by atoms with van der Waals surface area (Å²) in [7, 11) is 0. The lowest BCUT2D eigenvalue weighted by Gasteiger charge is -2.23. The van der Waals surface area contributed by atoms with Gasteiger partial charge in [0.2, 0.25) is 5.13 Å². The highest BCUT2D eigenvalue weighted by Crippen LogP contribution is 2.24. The van der Waals surface area contributed by atoms with Crippen LogP contribution in [0.2, 0.25) is 0 Å². The molecule has 0 fully saturated rings. The predicted octanol–water partition coefficient (Wildman–Crippen LogP) is 4.12. The molecule has 6 nitrogen and oxygen atoms in total. The van der Waals surface area contributed by atoms with Crippen LogP contribution >= 0.6 is 11.5 Å². The lowest BCUT2D eigenvalue weighted by molar-refractivity contribution is -0.116. The van der Waals surface area contributed by atoms with Gasteiger partial charge in [-0.1, -0.05) is 18.2 Å². The first kappa shape index (κ1) is 20.9. The number of benzene rings is 1. The van der Waals surface area contributed by atoms with Gasteiger partial charge in [-0.15, -0.1) is 0 Å². The molecule has 1 aromatic carbocycles. The van der Waals surface area contributed by atoms with E-state index in [4.69, 9.17) is 0 Å². The first-order valence-electron chi connectivity index (χ1n) is 9.88. The maximum atomic E-state index is 11.4. The Labute approximate surface area is 176 Å². The fourth-order valence-electron chi connectivity index (χ4n) is 3.19. The van der Waals surface area contributed by atoms with Crippen molar-refractivity contribution in [3.8, 4) is 0 Å². The summed E-state index contributed by atoms with van der Waals surface area (Å²) in [6.07, 6.45) is 3.92. The summed E-state index contributed by atoms with van der Waals surface area (Å²) in [4.78, 5) is 24.7. The lowest BCUT2D eigenvalue weighted by atomic mass is 10.1. The molecule has 0 spiro atoms. The largest absolute Gasteiger partial charge is 0.372 e. The molecule has 0 radical (unpaired) electrons. The highest BCUT2D eigenvalue weighted by atomic mass is 32.1. The molecule has 0 atom stereocenters. The molecule has 0 saturated carbocycles. The first-order chi connectivity index (χ1) is 14.1. The van der Waals surface area contributed by atoms with E-state index in [1.165, 1.54) is 22.8 Å². The van der Waals surface area contributed by atoms with Crippen molar-refractivity contribution in [3.63, 3.8) is 0 Å². The second-order valence-corrected chi connectivity index (χ2v) is 7.66. The number of Topliss-reactive ketones (excluding diaryl/α,β-unsaturated/α-hetero) is 1. The van der Waals surface area contributed by atoms with Crippen LogP contribution in [0.1, 0.15) is 37.7 Å². The molecule has 152 valence electrons. The molecule has 7 heteroatoms. The summed E-state index contributed by atoms with van der Waals surface area (Å²) in [5.41, 5.74) is 3.54. The van der Waals surface area contributed by atoms with Crippen LogP contribution in [0.3, 0.4) is 0 Å². The van der Waals surface area contributed by atoms with Gasteiger partial charge in [0.15, 0.2) is 5.82 Å². The molecular formula is C22H27N5OS. The van der Waals surface area contributed by atoms with Crippen LogP contribution in [-0.4, -0.2) is 33.2 Å². The minimum absolute atomic E-state index is 0.0696.